The number of ether oxygens (including phenoxy) is 1. The molecule has 1 saturated carbocycles. The second-order valence-electron chi connectivity index (χ2n) is 9.24. The molecular formula is C24H31F3N4O2. The van der Waals surface area contributed by atoms with Gasteiger partial charge in [0.15, 0.2) is 11.6 Å². The van der Waals surface area contributed by atoms with Crippen molar-refractivity contribution < 1.29 is 23.0 Å². The van der Waals surface area contributed by atoms with Gasteiger partial charge in [0.1, 0.15) is 6.33 Å². The fourth-order valence-electron chi connectivity index (χ4n) is 4.37. The third-order valence-electron chi connectivity index (χ3n) is 6.67. The first-order chi connectivity index (χ1) is 15.8. The predicted molar refractivity (Wildman–Crippen MR) is 120 cm³/mol. The topological polar surface area (TPSA) is 70.5 Å². The van der Waals surface area contributed by atoms with Crippen molar-refractivity contribution in [1.29, 1.82) is 0 Å². The van der Waals surface area contributed by atoms with Crippen LogP contribution in [0.5, 0.6) is 0 Å². The van der Waals surface area contributed by atoms with Gasteiger partial charge in [0, 0.05) is 51.4 Å². The highest BCUT2D eigenvalue weighted by molar-refractivity contribution is 5.52. The summed E-state index contributed by atoms with van der Waals surface area (Å²) in [5.41, 5.74) is 0.601. The third kappa shape index (κ3) is 5.76. The van der Waals surface area contributed by atoms with E-state index in [9.17, 15) is 13.9 Å². The molecule has 180 valence electrons. The van der Waals surface area contributed by atoms with E-state index in [0.717, 1.165) is 38.2 Å². The van der Waals surface area contributed by atoms with Crippen molar-refractivity contribution in [2.24, 2.45) is 5.41 Å². The molecule has 9 heteroatoms. The summed E-state index contributed by atoms with van der Waals surface area (Å²) in [6.45, 7) is 3.04. The van der Waals surface area contributed by atoms with Crippen molar-refractivity contribution >= 4 is 11.6 Å². The fraction of sp³-hybridized carbons (Fsp3) is 0.583. The van der Waals surface area contributed by atoms with Crippen LogP contribution in [-0.4, -0.2) is 47.5 Å². The Balaban J connectivity index is 1.51. The highest BCUT2D eigenvalue weighted by atomic mass is 19.3. The summed E-state index contributed by atoms with van der Waals surface area (Å²) in [6, 6.07) is 6.30. The number of hydrogen-bond acceptors (Lipinski definition) is 6. The van der Waals surface area contributed by atoms with Gasteiger partial charge in [-0.25, -0.2) is 18.7 Å². The molecule has 1 aromatic heterocycles. The number of anilines is 2. The van der Waals surface area contributed by atoms with Gasteiger partial charge in [0.2, 0.25) is 5.82 Å². The summed E-state index contributed by atoms with van der Waals surface area (Å²) in [4.78, 5) is 10.2. The van der Waals surface area contributed by atoms with E-state index < -0.39 is 11.7 Å². The van der Waals surface area contributed by atoms with Crippen molar-refractivity contribution in [2.75, 3.05) is 36.6 Å². The number of aliphatic hydroxyl groups excluding tert-OH is 1. The first-order valence-electron chi connectivity index (χ1n) is 11.5. The molecule has 1 saturated heterocycles. The van der Waals surface area contributed by atoms with Crippen LogP contribution in [0.3, 0.4) is 0 Å². The quantitative estimate of drug-likeness (QED) is 0.540. The molecule has 2 N–H and O–H groups in total. The number of halogens is 3. The summed E-state index contributed by atoms with van der Waals surface area (Å²) in [5.74, 6) is -3.07. The van der Waals surface area contributed by atoms with Crippen molar-refractivity contribution in [1.82, 2.24) is 9.97 Å². The van der Waals surface area contributed by atoms with E-state index in [2.05, 4.69) is 15.3 Å². The van der Waals surface area contributed by atoms with Gasteiger partial charge in [-0.3, -0.25) is 0 Å². The lowest BCUT2D eigenvalue weighted by molar-refractivity contribution is 0.00897. The van der Waals surface area contributed by atoms with E-state index in [-0.39, 0.29) is 35.3 Å². The third-order valence-corrected chi connectivity index (χ3v) is 6.67. The standard InChI is InChI=1S/C24H31F3N4O2/c1-23(26,27)18-4-2-17(3-5-18)14-31(19-6-7-19)22-20(25)21(29-16-30-22)28-15-24(8-11-32)9-12-33-13-10-24/h2-5,16,19,32H,6-15H2,1H3,(H,28,29,30). The number of aliphatic hydroxyl groups is 1. The Hall–Kier alpha value is -2.39. The average molecular weight is 465 g/mol. The van der Waals surface area contributed by atoms with Gasteiger partial charge >= 0.3 is 0 Å². The maximum atomic E-state index is 15.5. The Bertz CT molecular complexity index is 921. The number of hydrogen-bond donors (Lipinski definition) is 2. The summed E-state index contributed by atoms with van der Waals surface area (Å²) in [7, 11) is 0. The molecule has 6 nitrogen and oxygen atoms in total. The Morgan fingerprint density at radius 3 is 2.48 bits per heavy atom. The number of nitrogens with one attached hydrogen (secondary N) is 1. The van der Waals surface area contributed by atoms with Crippen LogP contribution >= 0.6 is 0 Å². The molecule has 0 bridgehead atoms. The van der Waals surface area contributed by atoms with E-state index in [1.165, 1.54) is 18.5 Å². The second-order valence-corrected chi connectivity index (χ2v) is 9.24. The largest absolute Gasteiger partial charge is 0.396 e. The first kappa shape index (κ1) is 23.8. The van der Waals surface area contributed by atoms with Crippen LogP contribution in [0.15, 0.2) is 30.6 Å². The summed E-state index contributed by atoms with van der Waals surface area (Å²) < 4.78 is 48.0. The molecule has 2 heterocycles. The molecule has 2 aromatic rings. The maximum Gasteiger partial charge on any atom is 0.270 e. The van der Waals surface area contributed by atoms with E-state index in [0.29, 0.717) is 32.7 Å². The van der Waals surface area contributed by atoms with Crippen LogP contribution < -0.4 is 10.2 Å². The van der Waals surface area contributed by atoms with E-state index in [1.807, 2.05) is 4.90 Å². The van der Waals surface area contributed by atoms with Gasteiger partial charge in [-0.2, -0.15) is 4.39 Å². The van der Waals surface area contributed by atoms with Crippen LogP contribution in [0, 0.1) is 11.2 Å². The van der Waals surface area contributed by atoms with E-state index in [4.69, 9.17) is 4.74 Å². The highest BCUT2D eigenvalue weighted by Gasteiger charge is 2.35. The summed E-state index contributed by atoms with van der Waals surface area (Å²) in [6.07, 6.45) is 5.40. The van der Waals surface area contributed by atoms with Crippen LogP contribution in [-0.2, 0) is 17.2 Å². The Labute approximate surface area is 192 Å². The molecule has 2 fully saturated rings. The molecule has 0 unspecified atom stereocenters. The van der Waals surface area contributed by atoms with Gasteiger partial charge < -0.3 is 20.1 Å². The smallest absolute Gasteiger partial charge is 0.270 e. The number of aromatic nitrogens is 2. The van der Waals surface area contributed by atoms with Crippen molar-refractivity contribution in [3.8, 4) is 0 Å². The zero-order valence-corrected chi connectivity index (χ0v) is 18.9. The lowest BCUT2D eigenvalue weighted by atomic mass is 9.77. The number of rotatable bonds is 10. The summed E-state index contributed by atoms with van der Waals surface area (Å²) in [5, 5.41) is 12.7. The lowest BCUT2D eigenvalue weighted by Crippen LogP contribution is -2.37. The minimum atomic E-state index is -2.90. The summed E-state index contributed by atoms with van der Waals surface area (Å²) >= 11 is 0. The molecule has 0 spiro atoms. The normalized spacial score (nSPS) is 18.2. The van der Waals surface area contributed by atoms with Gasteiger partial charge in [-0.05, 0) is 43.1 Å². The van der Waals surface area contributed by atoms with Crippen molar-refractivity contribution in [3.63, 3.8) is 0 Å². The Kier molecular flexibility index (Phi) is 7.09. The zero-order chi connectivity index (χ0) is 23.5. The Morgan fingerprint density at radius 1 is 1.18 bits per heavy atom. The van der Waals surface area contributed by atoms with Crippen LogP contribution in [0.25, 0.3) is 0 Å². The number of nitrogens with zero attached hydrogens (tertiary/aromatic N) is 3. The number of benzene rings is 1. The molecule has 0 amide bonds. The molecule has 33 heavy (non-hydrogen) atoms. The van der Waals surface area contributed by atoms with Gasteiger partial charge in [0.25, 0.3) is 5.92 Å². The monoisotopic (exact) mass is 464 g/mol. The molecule has 4 rings (SSSR count). The van der Waals surface area contributed by atoms with E-state index >= 15 is 4.39 Å². The number of alkyl halides is 2. The molecule has 1 aliphatic carbocycles. The maximum absolute atomic E-state index is 15.5. The Morgan fingerprint density at radius 2 is 1.88 bits per heavy atom. The minimum absolute atomic E-state index is 0.0474. The lowest BCUT2D eigenvalue weighted by Gasteiger charge is -2.37. The van der Waals surface area contributed by atoms with Gasteiger partial charge in [-0.15, -0.1) is 0 Å². The molecule has 1 aromatic carbocycles. The van der Waals surface area contributed by atoms with E-state index in [1.54, 1.807) is 12.1 Å². The first-order valence-corrected chi connectivity index (χ1v) is 11.5. The van der Waals surface area contributed by atoms with Crippen LogP contribution in [0.2, 0.25) is 0 Å². The van der Waals surface area contributed by atoms with Gasteiger partial charge in [-0.1, -0.05) is 24.3 Å². The predicted octanol–water partition coefficient (Wildman–Crippen LogP) is 4.49. The van der Waals surface area contributed by atoms with Gasteiger partial charge in [0.05, 0.1) is 0 Å². The SMILES string of the molecule is CC(F)(F)c1ccc(CN(c2ncnc(NCC3(CCO)CCOCC3)c2F)C2CC2)cc1. The molecule has 2 aliphatic rings. The average Bonchev–Trinajstić information content (AvgIpc) is 3.63. The molecule has 0 radical (unpaired) electrons. The second kappa shape index (κ2) is 9.85. The minimum Gasteiger partial charge on any atom is -0.396 e. The zero-order valence-electron chi connectivity index (χ0n) is 18.9. The highest BCUT2D eigenvalue weighted by Crippen LogP contribution is 2.37. The van der Waals surface area contributed by atoms with Crippen molar-refractivity contribution in [3.05, 3.63) is 47.5 Å². The fourth-order valence-corrected chi connectivity index (χ4v) is 4.37. The molecule has 1 aliphatic heterocycles. The van der Waals surface area contributed by atoms with Crippen molar-refractivity contribution in [2.45, 2.75) is 57.5 Å². The van der Waals surface area contributed by atoms with Crippen LogP contribution in [0.4, 0.5) is 24.8 Å². The molecule has 0 atom stereocenters. The molecular weight excluding hydrogens is 433 g/mol. The van der Waals surface area contributed by atoms with Crippen LogP contribution in [0.1, 0.15) is 50.2 Å².